The average Bonchev–Trinajstić information content (AvgIpc) is 2.66. The molecule has 1 aromatic carbocycles. The summed E-state index contributed by atoms with van der Waals surface area (Å²) in [5.74, 6) is 0. The monoisotopic (exact) mass is 323 g/mol. The Balaban J connectivity index is 2.32. The third-order valence-electron chi connectivity index (χ3n) is 2.94. The number of hydrogen-bond donors (Lipinski definition) is 1. The van der Waals surface area contributed by atoms with E-state index in [1.54, 1.807) is 6.07 Å². The minimum atomic E-state index is -4.37. The normalized spacial score (nSPS) is 24.3. The Morgan fingerprint density at radius 1 is 1.39 bits per heavy atom. The first-order valence-corrected chi connectivity index (χ1v) is 6.32. The summed E-state index contributed by atoms with van der Waals surface area (Å²) in [5, 5.41) is 2.95. The minimum absolute atomic E-state index is 0.0960. The molecule has 0 bridgehead atoms. The number of anilines is 1. The van der Waals surface area contributed by atoms with Gasteiger partial charge in [-0.15, -0.1) is 0 Å². The summed E-state index contributed by atoms with van der Waals surface area (Å²) in [6.45, 7) is 2.85. The van der Waals surface area contributed by atoms with Crippen LogP contribution in [0.2, 0.25) is 0 Å². The largest absolute Gasteiger partial charge is 0.418 e. The topological polar surface area (TPSA) is 21.3 Å². The number of hydrogen-bond acceptors (Lipinski definition) is 2. The van der Waals surface area contributed by atoms with E-state index in [0.717, 1.165) is 6.07 Å². The Hall–Kier alpha value is -0.750. The first kappa shape index (κ1) is 13.7. The number of nitrogens with one attached hydrogen (secondary N) is 1. The summed E-state index contributed by atoms with van der Waals surface area (Å²) in [5.41, 5.74) is -1.00. The number of halogens is 4. The van der Waals surface area contributed by atoms with E-state index in [0.29, 0.717) is 24.1 Å². The average molecular weight is 324 g/mol. The Morgan fingerprint density at radius 2 is 2.11 bits per heavy atom. The van der Waals surface area contributed by atoms with E-state index in [1.165, 1.54) is 6.07 Å². The highest BCUT2D eigenvalue weighted by molar-refractivity contribution is 9.10. The van der Waals surface area contributed by atoms with Gasteiger partial charge in [-0.05, 0) is 31.5 Å². The molecule has 0 spiro atoms. The van der Waals surface area contributed by atoms with Gasteiger partial charge in [0.25, 0.3) is 0 Å². The molecule has 0 saturated carbocycles. The highest BCUT2D eigenvalue weighted by atomic mass is 79.9. The molecule has 0 aromatic heterocycles. The van der Waals surface area contributed by atoms with Gasteiger partial charge in [0.1, 0.15) is 0 Å². The molecule has 100 valence electrons. The Kier molecular flexibility index (Phi) is 3.60. The molecular weight excluding hydrogens is 311 g/mol. The van der Waals surface area contributed by atoms with E-state index in [9.17, 15) is 13.2 Å². The van der Waals surface area contributed by atoms with Crippen LogP contribution in [0.1, 0.15) is 18.9 Å². The quantitative estimate of drug-likeness (QED) is 0.886. The molecule has 2 rings (SSSR count). The van der Waals surface area contributed by atoms with Crippen molar-refractivity contribution in [2.45, 2.75) is 25.1 Å². The number of ether oxygens (including phenoxy) is 1. The minimum Gasteiger partial charge on any atom is -0.379 e. The van der Waals surface area contributed by atoms with Crippen LogP contribution in [0.3, 0.4) is 0 Å². The van der Waals surface area contributed by atoms with Gasteiger partial charge in [0, 0.05) is 16.8 Å². The van der Waals surface area contributed by atoms with Crippen LogP contribution in [-0.4, -0.2) is 18.8 Å². The zero-order valence-corrected chi connectivity index (χ0v) is 11.4. The Morgan fingerprint density at radius 3 is 2.67 bits per heavy atom. The van der Waals surface area contributed by atoms with Crippen molar-refractivity contribution >= 4 is 21.6 Å². The lowest BCUT2D eigenvalue weighted by Crippen LogP contribution is -2.35. The van der Waals surface area contributed by atoms with Crippen LogP contribution >= 0.6 is 15.9 Å². The maximum atomic E-state index is 12.9. The van der Waals surface area contributed by atoms with Crippen LogP contribution in [0.25, 0.3) is 0 Å². The van der Waals surface area contributed by atoms with Gasteiger partial charge in [-0.1, -0.05) is 15.9 Å². The van der Waals surface area contributed by atoms with Crippen LogP contribution in [-0.2, 0) is 10.9 Å². The fourth-order valence-electron chi connectivity index (χ4n) is 1.95. The SMILES string of the molecule is CC1(Nc2ccc(Br)cc2C(F)(F)F)CCOC1. The molecule has 0 radical (unpaired) electrons. The number of benzene rings is 1. The number of rotatable bonds is 2. The summed E-state index contributed by atoms with van der Waals surface area (Å²) >= 11 is 3.06. The molecule has 0 aliphatic carbocycles. The molecule has 1 atom stereocenters. The van der Waals surface area contributed by atoms with Crippen molar-refractivity contribution in [3.8, 4) is 0 Å². The zero-order chi connectivity index (χ0) is 13.4. The summed E-state index contributed by atoms with van der Waals surface area (Å²) in [6.07, 6.45) is -3.68. The van der Waals surface area contributed by atoms with E-state index < -0.39 is 17.3 Å². The predicted molar refractivity (Wildman–Crippen MR) is 66.6 cm³/mol. The maximum Gasteiger partial charge on any atom is 0.418 e. The lowest BCUT2D eigenvalue weighted by Gasteiger charge is -2.27. The van der Waals surface area contributed by atoms with Gasteiger partial charge in [-0.2, -0.15) is 13.2 Å². The molecule has 1 N–H and O–H groups in total. The van der Waals surface area contributed by atoms with Crippen molar-refractivity contribution in [2.24, 2.45) is 0 Å². The first-order valence-electron chi connectivity index (χ1n) is 5.53. The summed E-state index contributed by atoms with van der Waals surface area (Å²) in [6, 6.07) is 4.12. The molecule has 18 heavy (non-hydrogen) atoms. The van der Waals surface area contributed by atoms with Crippen molar-refractivity contribution in [3.63, 3.8) is 0 Å². The zero-order valence-electron chi connectivity index (χ0n) is 9.77. The van der Waals surface area contributed by atoms with Crippen molar-refractivity contribution in [1.82, 2.24) is 0 Å². The lowest BCUT2D eigenvalue weighted by atomic mass is 10.0. The molecule has 1 heterocycles. The van der Waals surface area contributed by atoms with Crippen LogP contribution < -0.4 is 5.32 Å². The lowest BCUT2D eigenvalue weighted by molar-refractivity contribution is -0.137. The molecule has 6 heteroatoms. The van der Waals surface area contributed by atoms with Crippen molar-refractivity contribution in [3.05, 3.63) is 28.2 Å². The first-order chi connectivity index (χ1) is 8.30. The molecule has 1 aromatic rings. The smallest absolute Gasteiger partial charge is 0.379 e. The van der Waals surface area contributed by atoms with Gasteiger partial charge in [0.2, 0.25) is 0 Å². The van der Waals surface area contributed by atoms with E-state index in [1.807, 2.05) is 6.92 Å². The van der Waals surface area contributed by atoms with Gasteiger partial charge in [-0.3, -0.25) is 0 Å². The molecule has 2 nitrogen and oxygen atoms in total. The molecule has 1 aliphatic heterocycles. The third-order valence-corrected chi connectivity index (χ3v) is 3.44. The van der Waals surface area contributed by atoms with E-state index in [2.05, 4.69) is 21.2 Å². The van der Waals surface area contributed by atoms with Crippen LogP contribution in [0.5, 0.6) is 0 Å². The standard InChI is InChI=1S/C12H13BrF3NO/c1-11(4-5-18-7-11)17-10-3-2-8(13)6-9(10)12(14,15)16/h2-3,6,17H,4-5,7H2,1H3. The van der Waals surface area contributed by atoms with Crippen LogP contribution in [0.4, 0.5) is 18.9 Å². The third kappa shape index (κ3) is 2.98. The van der Waals surface area contributed by atoms with Crippen molar-refractivity contribution < 1.29 is 17.9 Å². The molecule has 1 fully saturated rings. The second kappa shape index (κ2) is 4.74. The van der Waals surface area contributed by atoms with Gasteiger partial charge in [0.05, 0.1) is 17.7 Å². The van der Waals surface area contributed by atoms with E-state index in [-0.39, 0.29) is 5.69 Å². The second-order valence-electron chi connectivity index (χ2n) is 4.68. The van der Waals surface area contributed by atoms with Gasteiger partial charge in [-0.25, -0.2) is 0 Å². The molecular formula is C12H13BrF3NO. The highest BCUT2D eigenvalue weighted by Gasteiger charge is 2.37. The van der Waals surface area contributed by atoms with Crippen molar-refractivity contribution in [2.75, 3.05) is 18.5 Å². The van der Waals surface area contributed by atoms with Gasteiger partial charge < -0.3 is 10.1 Å². The highest BCUT2D eigenvalue weighted by Crippen LogP contribution is 2.38. The summed E-state index contributed by atoms with van der Waals surface area (Å²) in [7, 11) is 0. The predicted octanol–water partition coefficient (Wildman–Crippen LogP) is 4.06. The van der Waals surface area contributed by atoms with Crippen LogP contribution in [0.15, 0.2) is 22.7 Å². The summed E-state index contributed by atoms with van der Waals surface area (Å²) in [4.78, 5) is 0. The van der Waals surface area contributed by atoms with Crippen LogP contribution in [0, 0.1) is 0 Å². The summed E-state index contributed by atoms with van der Waals surface area (Å²) < 4.78 is 44.4. The number of alkyl halides is 3. The van der Waals surface area contributed by atoms with Gasteiger partial charge >= 0.3 is 6.18 Å². The van der Waals surface area contributed by atoms with E-state index >= 15 is 0 Å². The fraction of sp³-hybridized carbons (Fsp3) is 0.500. The molecule has 1 unspecified atom stereocenters. The Bertz CT molecular complexity index is 441. The fourth-order valence-corrected chi connectivity index (χ4v) is 2.31. The second-order valence-corrected chi connectivity index (χ2v) is 5.59. The van der Waals surface area contributed by atoms with Crippen molar-refractivity contribution in [1.29, 1.82) is 0 Å². The molecule has 0 amide bonds. The van der Waals surface area contributed by atoms with Gasteiger partial charge in [0.15, 0.2) is 0 Å². The molecule has 1 aliphatic rings. The molecule has 1 saturated heterocycles. The van der Waals surface area contributed by atoms with E-state index in [4.69, 9.17) is 4.74 Å². The Labute approximate surface area is 112 Å². The maximum absolute atomic E-state index is 12.9.